The summed E-state index contributed by atoms with van der Waals surface area (Å²) in [5.41, 5.74) is -0.355. The predicted molar refractivity (Wildman–Crippen MR) is 73.9 cm³/mol. The average Bonchev–Trinajstić information content (AvgIpc) is 2.44. The molecule has 1 aromatic carbocycles. The highest BCUT2D eigenvalue weighted by Gasteiger charge is 2.28. The van der Waals surface area contributed by atoms with Crippen molar-refractivity contribution in [3.05, 3.63) is 39.4 Å². The Labute approximate surface area is 124 Å². The van der Waals surface area contributed by atoms with E-state index in [1.165, 1.54) is 18.2 Å². The average molecular weight is 305 g/mol. The molecule has 1 aromatic rings. The molecule has 1 aliphatic heterocycles. The second kappa shape index (κ2) is 6.04. The number of rotatable bonds is 4. The molecule has 0 aromatic heterocycles. The number of nitrogens with one attached hydrogen (secondary N) is 2. The van der Waals surface area contributed by atoms with E-state index in [0.717, 1.165) is 6.08 Å². The van der Waals surface area contributed by atoms with E-state index in [1.54, 1.807) is 6.92 Å². The van der Waals surface area contributed by atoms with Crippen LogP contribution in [0, 0.1) is 10.1 Å². The first-order valence-corrected chi connectivity index (χ1v) is 6.22. The maximum atomic E-state index is 11.6. The van der Waals surface area contributed by atoms with Crippen LogP contribution in [0.15, 0.2) is 23.8 Å². The fourth-order valence-electron chi connectivity index (χ4n) is 1.82. The van der Waals surface area contributed by atoms with Gasteiger partial charge in [-0.15, -0.1) is 0 Å². The van der Waals surface area contributed by atoms with Crippen molar-refractivity contribution < 1.29 is 24.0 Å². The standard InChI is InChI=1S/C13H11N3O6/c1-2-22-10-4-3-7(6-9(10)16(20)21)5-8-11(17)14-13(19)15-12(8)18/h3-6H,2H2,1H3,(H2,14,15,17,18,19). The summed E-state index contributed by atoms with van der Waals surface area (Å²) in [5, 5.41) is 14.8. The maximum Gasteiger partial charge on any atom is 0.328 e. The number of urea groups is 1. The van der Waals surface area contributed by atoms with Crippen LogP contribution in [0.2, 0.25) is 0 Å². The number of carbonyl (C=O) groups is 3. The van der Waals surface area contributed by atoms with Crippen LogP contribution in [0.4, 0.5) is 10.5 Å². The fourth-order valence-corrected chi connectivity index (χ4v) is 1.82. The SMILES string of the molecule is CCOc1ccc(C=C2C(=O)NC(=O)NC2=O)cc1[N+](=O)[O-]. The summed E-state index contributed by atoms with van der Waals surface area (Å²) in [6.45, 7) is 1.95. The van der Waals surface area contributed by atoms with Crippen molar-refractivity contribution in [2.24, 2.45) is 0 Å². The molecule has 0 unspecified atom stereocenters. The normalized spacial score (nSPS) is 14.2. The van der Waals surface area contributed by atoms with Crippen LogP contribution in [0.25, 0.3) is 6.08 Å². The monoisotopic (exact) mass is 305 g/mol. The Balaban J connectivity index is 2.41. The molecule has 0 bridgehead atoms. The minimum Gasteiger partial charge on any atom is -0.487 e. The molecule has 1 fully saturated rings. The number of benzene rings is 1. The summed E-state index contributed by atoms with van der Waals surface area (Å²) in [6, 6.07) is 3.10. The Morgan fingerprint density at radius 1 is 1.23 bits per heavy atom. The smallest absolute Gasteiger partial charge is 0.328 e. The zero-order chi connectivity index (χ0) is 16.3. The van der Waals surface area contributed by atoms with Gasteiger partial charge in [0, 0.05) is 6.07 Å². The topological polar surface area (TPSA) is 128 Å². The second-order valence-corrected chi connectivity index (χ2v) is 4.21. The maximum absolute atomic E-state index is 11.6. The summed E-state index contributed by atoms with van der Waals surface area (Å²) < 4.78 is 5.13. The molecule has 22 heavy (non-hydrogen) atoms. The van der Waals surface area contributed by atoms with Gasteiger partial charge in [-0.1, -0.05) is 6.07 Å². The molecule has 0 saturated carbocycles. The van der Waals surface area contributed by atoms with Crippen molar-refractivity contribution >= 4 is 29.6 Å². The predicted octanol–water partition coefficient (Wildman–Crippen LogP) is 0.743. The molecule has 9 heteroatoms. The van der Waals surface area contributed by atoms with Gasteiger partial charge in [-0.2, -0.15) is 0 Å². The van der Waals surface area contributed by atoms with Gasteiger partial charge in [0.15, 0.2) is 5.75 Å². The number of imide groups is 2. The first kappa shape index (κ1) is 15.2. The first-order valence-electron chi connectivity index (χ1n) is 6.22. The Bertz CT molecular complexity index is 688. The lowest BCUT2D eigenvalue weighted by molar-refractivity contribution is -0.385. The van der Waals surface area contributed by atoms with Crippen molar-refractivity contribution in [2.75, 3.05) is 6.61 Å². The Morgan fingerprint density at radius 2 is 1.86 bits per heavy atom. The number of amides is 4. The van der Waals surface area contributed by atoms with Gasteiger partial charge in [-0.25, -0.2) is 4.79 Å². The molecule has 0 spiro atoms. The minimum absolute atomic E-state index is 0.0855. The van der Waals surface area contributed by atoms with Gasteiger partial charge in [0.25, 0.3) is 11.8 Å². The van der Waals surface area contributed by atoms with Gasteiger partial charge in [0.1, 0.15) is 5.57 Å². The molecule has 4 amide bonds. The highest BCUT2D eigenvalue weighted by Crippen LogP contribution is 2.28. The molecule has 9 nitrogen and oxygen atoms in total. The van der Waals surface area contributed by atoms with Crippen LogP contribution in [0.1, 0.15) is 12.5 Å². The van der Waals surface area contributed by atoms with Crippen molar-refractivity contribution in [2.45, 2.75) is 6.92 Å². The number of hydrogen-bond acceptors (Lipinski definition) is 6. The molecule has 114 valence electrons. The molecule has 1 heterocycles. The van der Waals surface area contributed by atoms with Gasteiger partial charge in [-0.05, 0) is 24.6 Å². The lowest BCUT2D eigenvalue weighted by Gasteiger charge is -2.13. The fraction of sp³-hybridized carbons (Fsp3) is 0.154. The van der Waals surface area contributed by atoms with Crippen molar-refractivity contribution in [1.82, 2.24) is 10.6 Å². The van der Waals surface area contributed by atoms with E-state index in [1.807, 2.05) is 10.6 Å². The zero-order valence-electron chi connectivity index (χ0n) is 11.4. The summed E-state index contributed by atoms with van der Waals surface area (Å²) in [4.78, 5) is 44.5. The van der Waals surface area contributed by atoms with E-state index in [2.05, 4.69) is 0 Å². The molecular formula is C13H11N3O6. The van der Waals surface area contributed by atoms with Gasteiger partial charge < -0.3 is 4.74 Å². The zero-order valence-corrected chi connectivity index (χ0v) is 11.4. The Morgan fingerprint density at radius 3 is 2.41 bits per heavy atom. The molecule has 2 rings (SSSR count). The van der Waals surface area contributed by atoms with Gasteiger partial charge >= 0.3 is 11.7 Å². The highest BCUT2D eigenvalue weighted by molar-refractivity contribution is 6.31. The van der Waals surface area contributed by atoms with E-state index >= 15 is 0 Å². The summed E-state index contributed by atoms with van der Waals surface area (Å²) in [6.07, 6.45) is 1.15. The number of barbiturate groups is 1. The van der Waals surface area contributed by atoms with E-state index in [4.69, 9.17) is 4.74 Å². The lowest BCUT2D eigenvalue weighted by Crippen LogP contribution is -2.51. The van der Waals surface area contributed by atoms with Crippen molar-refractivity contribution in [1.29, 1.82) is 0 Å². The highest BCUT2D eigenvalue weighted by atomic mass is 16.6. The first-order chi connectivity index (χ1) is 10.4. The Kier molecular flexibility index (Phi) is 4.16. The van der Waals surface area contributed by atoms with Gasteiger partial charge in [0.2, 0.25) is 0 Å². The molecule has 2 N–H and O–H groups in total. The van der Waals surface area contributed by atoms with Crippen LogP contribution < -0.4 is 15.4 Å². The molecular weight excluding hydrogens is 294 g/mol. The third-order valence-electron chi connectivity index (χ3n) is 2.73. The minimum atomic E-state index is -0.912. The largest absolute Gasteiger partial charge is 0.487 e. The number of carbonyl (C=O) groups excluding carboxylic acids is 3. The van der Waals surface area contributed by atoms with Crippen LogP contribution in [-0.4, -0.2) is 29.4 Å². The molecule has 0 aliphatic carbocycles. The van der Waals surface area contributed by atoms with Crippen LogP contribution >= 0.6 is 0 Å². The van der Waals surface area contributed by atoms with Gasteiger partial charge in [-0.3, -0.25) is 30.3 Å². The van der Waals surface area contributed by atoms with Crippen LogP contribution in [0.5, 0.6) is 5.75 Å². The van der Waals surface area contributed by atoms with E-state index < -0.39 is 22.8 Å². The molecule has 0 atom stereocenters. The number of nitro groups is 1. The summed E-state index contributed by atoms with van der Waals surface area (Å²) >= 11 is 0. The quantitative estimate of drug-likeness (QED) is 0.365. The number of ether oxygens (including phenoxy) is 1. The summed E-state index contributed by atoms with van der Waals surface area (Å²) in [7, 11) is 0. The number of nitro benzene ring substituents is 1. The van der Waals surface area contributed by atoms with Crippen molar-refractivity contribution in [3.8, 4) is 5.75 Å². The van der Waals surface area contributed by atoms with Gasteiger partial charge in [0.05, 0.1) is 11.5 Å². The van der Waals surface area contributed by atoms with E-state index in [-0.39, 0.29) is 29.2 Å². The molecule has 0 radical (unpaired) electrons. The molecule has 1 aliphatic rings. The van der Waals surface area contributed by atoms with E-state index in [0.29, 0.717) is 0 Å². The van der Waals surface area contributed by atoms with E-state index in [9.17, 15) is 24.5 Å². The third kappa shape index (κ3) is 3.08. The van der Waals surface area contributed by atoms with Crippen molar-refractivity contribution in [3.63, 3.8) is 0 Å². The van der Waals surface area contributed by atoms with Crippen LogP contribution in [0.3, 0.4) is 0 Å². The number of hydrogen-bond donors (Lipinski definition) is 2. The Hall–Kier alpha value is -3.23. The number of nitrogens with zero attached hydrogens (tertiary/aromatic N) is 1. The second-order valence-electron chi connectivity index (χ2n) is 4.21. The third-order valence-corrected chi connectivity index (χ3v) is 2.73. The lowest BCUT2D eigenvalue weighted by atomic mass is 10.1. The summed E-state index contributed by atoms with van der Waals surface area (Å²) in [5.74, 6) is -1.65. The van der Waals surface area contributed by atoms with Crippen LogP contribution in [-0.2, 0) is 9.59 Å². The molecule has 1 saturated heterocycles.